The number of hydrogen-bond acceptors (Lipinski definition) is 8. The first-order valence-electron chi connectivity index (χ1n) is 9.23. The van der Waals surface area contributed by atoms with Crippen LogP contribution in [-0.2, 0) is 24.4 Å². The molecular weight excluding hydrogens is 478 g/mol. The average Bonchev–Trinajstić information content (AvgIpc) is 3.00. The number of nitrogens with zero attached hydrogens (tertiary/aromatic N) is 2. The van der Waals surface area contributed by atoms with Crippen LogP contribution in [0.5, 0.6) is 0 Å². The molecule has 0 radical (unpaired) electrons. The lowest BCUT2D eigenvalue weighted by Gasteiger charge is -2.15. The van der Waals surface area contributed by atoms with Gasteiger partial charge in [-0.05, 0) is 36.4 Å². The van der Waals surface area contributed by atoms with Crippen molar-refractivity contribution in [3.8, 4) is 0 Å². The number of halogens is 1. The molecule has 11 nitrogen and oxygen atoms in total. The minimum Gasteiger partial charge on any atom is -0.452 e. The van der Waals surface area contributed by atoms with Crippen LogP contribution >= 0.6 is 11.6 Å². The Hall–Kier alpha value is -3.32. The van der Waals surface area contributed by atoms with Gasteiger partial charge in [-0.25, -0.2) is 13.2 Å². The first kappa shape index (κ1) is 24.3. The van der Waals surface area contributed by atoms with Crippen LogP contribution in [0.4, 0.5) is 5.69 Å². The lowest BCUT2D eigenvalue weighted by Crippen LogP contribution is -2.26. The van der Waals surface area contributed by atoms with Gasteiger partial charge in [-0.1, -0.05) is 16.1 Å². The topological polar surface area (TPSA) is 139 Å². The summed E-state index contributed by atoms with van der Waals surface area (Å²) in [5.41, 5.74) is 0.446. The van der Waals surface area contributed by atoms with E-state index in [9.17, 15) is 27.6 Å². The number of fused-ring (bicyclic) bond motifs is 1. The summed E-state index contributed by atoms with van der Waals surface area (Å²) in [6.45, 7) is -0.689. The highest BCUT2D eigenvalue weighted by Gasteiger charge is 2.33. The van der Waals surface area contributed by atoms with Crippen molar-refractivity contribution in [3.05, 3.63) is 58.1 Å². The summed E-state index contributed by atoms with van der Waals surface area (Å²) in [7, 11) is -0.475. The van der Waals surface area contributed by atoms with Gasteiger partial charge in [0.05, 0.1) is 28.8 Å². The molecule has 1 aliphatic heterocycles. The molecule has 13 heteroatoms. The third kappa shape index (κ3) is 4.73. The Morgan fingerprint density at radius 1 is 1.09 bits per heavy atom. The van der Waals surface area contributed by atoms with E-state index >= 15 is 0 Å². The van der Waals surface area contributed by atoms with Gasteiger partial charge in [0, 0.05) is 19.8 Å². The number of anilines is 1. The molecule has 0 saturated carbocycles. The van der Waals surface area contributed by atoms with Crippen molar-refractivity contribution < 1.29 is 37.2 Å². The summed E-state index contributed by atoms with van der Waals surface area (Å²) in [6.07, 6.45) is 0. The molecule has 33 heavy (non-hydrogen) atoms. The molecule has 1 N–H and O–H groups in total. The number of carbonyl (C=O) groups excluding carboxylic acids is 4. The zero-order chi connectivity index (χ0) is 24.5. The zero-order valence-corrected chi connectivity index (χ0v) is 19.2. The van der Waals surface area contributed by atoms with E-state index < -0.39 is 40.3 Å². The van der Waals surface area contributed by atoms with Crippen molar-refractivity contribution in [2.24, 2.45) is 0 Å². The second-order valence-corrected chi connectivity index (χ2v) is 9.11. The molecule has 2 aromatic carbocycles. The molecule has 3 amide bonds. The van der Waals surface area contributed by atoms with Gasteiger partial charge < -0.3 is 10.1 Å². The summed E-state index contributed by atoms with van der Waals surface area (Å²) in [5.74, 6) is -2.61. The highest BCUT2D eigenvalue weighted by atomic mass is 35.5. The van der Waals surface area contributed by atoms with Crippen LogP contribution in [-0.4, -0.2) is 69.3 Å². The highest BCUT2D eigenvalue weighted by Crippen LogP contribution is 2.26. The normalized spacial score (nSPS) is 13.3. The number of sulfonamides is 1. The summed E-state index contributed by atoms with van der Waals surface area (Å²) < 4.78 is 30.4. The third-order valence-electron chi connectivity index (χ3n) is 4.75. The highest BCUT2D eigenvalue weighted by molar-refractivity contribution is 7.89. The number of ether oxygens (including phenoxy) is 1. The van der Waals surface area contributed by atoms with Gasteiger partial charge in [-0.15, -0.1) is 0 Å². The van der Waals surface area contributed by atoms with E-state index in [4.69, 9.17) is 16.3 Å². The van der Waals surface area contributed by atoms with Gasteiger partial charge in [-0.2, -0.15) is 0 Å². The van der Waals surface area contributed by atoms with Gasteiger partial charge in [-0.3, -0.25) is 24.1 Å². The molecule has 0 aromatic heterocycles. The van der Waals surface area contributed by atoms with Crippen molar-refractivity contribution in [1.29, 1.82) is 0 Å². The van der Waals surface area contributed by atoms with Crippen LogP contribution in [0.1, 0.15) is 31.1 Å². The van der Waals surface area contributed by atoms with Gasteiger partial charge in [0.25, 0.3) is 27.7 Å². The number of carbonyl (C=O) groups is 4. The maximum absolute atomic E-state index is 12.4. The van der Waals surface area contributed by atoms with Gasteiger partial charge >= 0.3 is 5.97 Å². The molecule has 2 aromatic rings. The first-order chi connectivity index (χ1) is 15.5. The van der Waals surface area contributed by atoms with Crippen molar-refractivity contribution >= 4 is 51.0 Å². The van der Waals surface area contributed by atoms with Crippen LogP contribution in [0.2, 0.25) is 5.02 Å². The SMILES string of the molecule is CON(C)S(=O)(=O)c1cc(C(=O)OCC(=O)Nc2ccc3c(c2)C(=O)N(C)C3=O)ccc1Cl. The molecule has 0 unspecified atom stereocenters. The lowest BCUT2D eigenvalue weighted by atomic mass is 10.1. The maximum Gasteiger partial charge on any atom is 0.338 e. The van der Waals surface area contributed by atoms with Crippen LogP contribution in [0.25, 0.3) is 0 Å². The number of amides is 3. The van der Waals surface area contributed by atoms with E-state index in [-0.39, 0.29) is 32.3 Å². The van der Waals surface area contributed by atoms with Crippen molar-refractivity contribution in [2.45, 2.75) is 4.90 Å². The number of nitrogens with one attached hydrogen (secondary N) is 1. The Morgan fingerprint density at radius 2 is 1.76 bits per heavy atom. The summed E-state index contributed by atoms with van der Waals surface area (Å²) in [5, 5.41) is 2.32. The molecule has 1 aliphatic rings. The Balaban J connectivity index is 1.67. The van der Waals surface area contributed by atoms with Gasteiger partial charge in [0.1, 0.15) is 4.90 Å². The number of hydrogen-bond donors (Lipinski definition) is 1. The van der Waals surface area contributed by atoms with E-state index in [1.807, 2.05) is 0 Å². The quantitative estimate of drug-likeness (QED) is 0.346. The van der Waals surface area contributed by atoms with E-state index in [1.165, 1.54) is 37.4 Å². The molecule has 0 atom stereocenters. The molecule has 3 rings (SSSR count). The largest absolute Gasteiger partial charge is 0.452 e. The molecule has 0 bridgehead atoms. The summed E-state index contributed by atoms with van der Waals surface area (Å²) in [6, 6.07) is 7.65. The Bertz CT molecular complexity index is 1280. The van der Waals surface area contributed by atoms with E-state index in [1.54, 1.807) is 0 Å². The predicted molar refractivity (Wildman–Crippen MR) is 115 cm³/mol. The molecule has 0 fully saturated rings. The zero-order valence-electron chi connectivity index (χ0n) is 17.6. The fourth-order valence-corrected chi connectivity index (χ4v) is 4.39. The predicted octanol–water partition coefficient (Wildman–Crippen LogP) is 1.54. The second kappa shape index (κ2) is 9.27. The molecule has 1 heterocycles. The van der Waals surface area contributed by atoms with Crippen molar-refractivity contribution in [1.82, 2.24) is 9.37 Å². The van der Waals surface area contributed by atoms with Crippen molar-refractivity contribution in [2.75, 3.05) is 33.1 Å². The summed E-state index contributed by atoms with van der Waals surface area (Å²) in [4.78, 5) is 53.7. The van der Waals surface area contributed by atoms with Crippen LogP contribution in [0, 0.1) is 0 Å². The molecule has 0 aliphatic carbocycles. The smallest absolute Gasteiger partial charge is 0.338 e. The maximum atomic E-state index is 12.4. The third-order valence-corrected chi connectivity index (χ3v) is 6.91. The fraction of sp³-hybridized carbons (Fsp3) is 0.200. The second-order valence-electron chi connectivity index (χ2n) is 6.80. The van der Waals surface area contributed by atoms with Crippen LogP contribution < -0.4 is 5.32 Å². The Labute approximate surface area is 193 Å². The monoisotopic (exact) mass is 495 g/mol. The number of imide groups is 1. The molecule has 174 valence electrons. The number of benzene rings is 2. The molecule has 0 spiro atoms. The molecular formula is C20H18ClN3O8S. The van der Waals surface area contributed by atoms with E-state index in [0.29, 0.717) is 4.47 Å². The lowest BCUT2D eigenvalue weighted by molar-refractivity contribution is -0.119. The standard InChI is InChI=1S/C20H18ClN3O8S/c1-23-18(26)13-6-5-12(9-14(13)19(23)27)22-17(25)10-32-20(28)11-4-7-15(21)16(8-11)33(29,30)24(2)31-3/h4-9H,10H2,1-3H3,(H,22,25). The fourth-order valence-electron chi connectivity index (χ4n) is 2.92. The number of rotatable bonds is 7. The van der Waals surface area contributed by atoms with E-state index in [0.717, 1.165) is 25.1 Å². The number of esters is 1. The Kier molecular flexibility index (Phi) is 6.84. The minimum absolute atomic E-state index is 0.136. The molecule has 0 saturated heterocycles. The summed E-state index contributed by atoms with van der Waals surface area (Å²) >= 11 is 5.95. The Morgan fingerprint density at radius 3 is 2.42 bits per heavy atom. The number of hydroxylamine groups is 1. The van der Waals surface area contributed by atoms with E-state index in [2.05, 4.69) is 10.2 Å². The van der Waals surface area contributed by atoms with Crippen molar-refractivity contribution in [3.63, 3.8) is 0 Å². The average molecular weight is 496 g/mol. The van der Waals surface area contributed by atoms with Gasteiger partial charge in [0.15, 0.2) is 6.61 Å². The minimum atomic E-state index is -4.13. The van der Waals surface area contributed by atoms with Crippen LogP contribution in [0.15, 0.2) is 41.3 Å². The van der Waals surface area contributed by atoms with Gasteiger partial charge in [0.2, 0.25) is 0 Å². The first-order valence-corrected chi connectivity index (χ1v) is 11.0. The van der Waals surface area contributed by atoms with Crippen LogP contribution in [0.3, 0.4) is 0 Å².